The molecule has 3 rings (SSSR count). The number of hydrogen-bond acceptors (Lipinski definition) is 8. The number of carbonyl (C=O) groups is 3. The maximum absolute atomic E-state index is 12.9. The predicted octanol–water partition coefficient (Wildman–Crippen LogP) is 3.79. The van der Waals surface area contributed by atoms with Crippen LogP contribution in [0.5, 0.6) is 0 Å². The van der Waals surface area contributed by atoms with Crippen LogP contribution in [0.4, 0.5) is 0 Å². The van der Waals surface area contributed by atoms with Crippen molar-refractivity contribution in [2.75, 3.05) is 0 Å². The van der Waals surface area contributed by atoms with Crippen LogP contribution < -0.4 is 10.6 Å². The van der Waals surface area contributed by atoms with E-state index in [1.54, 1.807) is 13.0 Å². The molecule has 2 aliphatic carbocycles. The first-order valence-electron chi connectivity index (χ1n) is 12.5. The lowest BCUT2D eigenvalue weighted by Crippen LogP contribution is -2.52. The smallest absolute Gasteiger partial charge is 0.341 e. The van der Waals surface area contributed by atoms with Gasteiger partial charge in [0.1, 0.15) is 16.1 Å². The number of esters is 1. The molecule has 2 N–H and O–H groups in total. The fourth-order valence-electron chi connectivity index (χ4n) is 4.65. The molecule has 2 saturated carbocycles. The number of nitriles is 2. The summed E-state index contributed by atoms with van der Waals surface area (Å²) in [5, 5.41) is 24.6. The number of pyridine rings is 1. The average molecular weight is 512 g/mol. The SMILES string of the molecule is C[C@@H](OC(=O)c1cccnc1S[C@H](C)C(=O)NC1(C#N)CCCCC1)C(=O)NC1(C#N)CCCCC1. The maximum atomic E-state index is 12.9. The lowest BCUT2D eigenvalue weighted by molar-refractivity contribution is -0.130. The van der Waals surface area contributed by atoms with Gasteiger partial charge in [-0.2, -0.15) is 10.5 Å². The van der Waals surface area contributed by atoms with E-state index in [2.05, 4.69) is 27.8 Å². The molecule has 2 aliphatic rings. The number of nitrogens with zero attached hydrogens (tertiary/aromatic N) is 3. The fraction of sp³-hybridized carbons (Fsp3) is 0.615. The van der Waals surface area contributed by atoms with E-state index in [1.807, 2.05) is 0 Å². The summed E-state index contributed by atoms with van der Waals surface area (Å²) in [4.78, 5) is 42.7. The Labute approximate surface area is 216 Å². The van der Waals surface area contributed by atoms with E-state index in [0.717, 1.165) is 50.3 Å². The minimum Gasteiger partial charge on any atom is -0.449 e. The zero-order chi connectivity index (χ0) is 26.2. The molecule has 0 aromatic carbocycles. The van der Waals surface area contributed by atoms with Gasteiger partial charge in [0.15, 0.2) is 6.10 Å². The molecule has 0 saturated heterocycles. The molecule has 1 heterocycles. The second kappa shape index (κ2) is 12.2. The third-order valence-electron chi connectivity index (χ3n) is 6.87. The summed E-state index contributed by atoms with van der Waals surface area (Å²) in [6.07, 6.45) is 8.40. The van der Waals surface area contributed by atoms with Gasteiger partial charge in [0.2, 0.25) is 5.91 Å². The molecule has 1 aromatic rings. The monoisotopic (exact) mass is 511 g/mol. The average Bonchev–Trinajstić information content (AvgIpc) is 2.89. The van der Waals surface area contributed by atoms with Crippen LogP contribution in [0.3, 0.4) is 0 Å². The zero-order valence-corrected chi connectivity index (χ0v) is 21.7. The Morgan fingerprint density at radius 2 is 1.47 bits per heavy atom. The molecule has 2 atom stereocenters. The Morgan fingerprint density at radius 1 is 0.944 bits per heavy atom. The molecule has 2 amide bonds. The molecule has 36 heavy (non-hydrogen) atoms. The van der Waals surface area contributed by atoms with Gasteiger partial charge in [-0.1, -0.05) is 50.3 Å². The van der Waals surface area contributed by atoms with Crippen LogP contribution in [-0.2, 0) is 14.3 Å². The number of hydrogen-bond donors (Lipinski definition) is 2. The van der Waals surface area contributed by atoms with Crippen LogP contribution in [-0.4, -0.2) is 45.2 Å². The Hall–Kier alpha value is -3.11. The quantitative estimate of drug-likeness (QED) is 0.396. The largest absolute Gasteiger partial charge is 0.449 e. The van der Waals surface area contributed by atoms with Crippen molar-refractivity contribution in [2.45, 2.75) is 106 Å². The molecule has 192 valence electrons. The van der Waals surface area contributed by atoms with Crippen LogP contribution in [0, 0.1) is 22.7 Å². The lowest BCUT2D eigenvalue weighted by Gasteiger charge is -2.32. The number of rotatable bonds is 8. The van der Waals surface area contributed by atoms with Crippen molar-refractivity contribution in [3.05, 3.63) is 23.9 Å². The van der Waals surface area contributed by atoms with Crippen LogP contribution in [0.1, 0.15) is 88.4 Å². The molecule has 9 nitrogen and oxygen atoms in total. The summed E-state index contributed by atoms with van der Waals surface area (Å²) in [5.74, 6) is -1.56. The van der Waals surface area contributed by atoms with Gasteiger partial charge in [-0.15, -0.1) is 0 Å². The predicted molar refractivity (Wildman–Crippen MR) is 134 cm³/mol. The van der Waals surface area contributed by atoms with E-state index in [4.69, 9.17) is 4.74 Å². The van der Waals surface area contributed by atoms with Crippen molar-refractivity contribution in [3.63, 3.8) is 0 Å². The number of amides is 2. The van der Waals surface area contributed by atoms with Gasteiger partial charge >= 0.3 is 5.97 Å². The van der Waals surface area contributed by atoms with E-state index in [-0.39, 0.29) is 11.5 Å². The fourth-order valence-corrected chi connectivity index (χ4v) is 5.55. The number of aromatic nitrogens is 1. The molecule has 0 radical (unpaired) electrons. The Morgan fingerprint density at radius 3 is 2.00 bits per heavy atom. The zero-order valence-electron chi connectivity index (χ0n) is 20.8. The summed E-state index contributed by atoms with van der Waals surface area (Å²) < 4.78 is 5.41. The molecular weight excluding hydrogens is 478 g/mol. The third-order valence-corrected chi connectivity index (χ3v) is 7.99. The Kier molecular flexibility index (Phi) is 9.33. The van der Waals surface area contributed by atoms with Gasteiger partial charge in [0.25, 0.3) is 5.91 Å². The molecule has 10 heteroatoms. The second-order valence-electron chi connectivity index (χ2n) is 9.65. The molecule has 0 unspecified atom stereocenters. The Balaban J connectivity index is 1.63. The van der Waals surface area contributed by atoms with Gasteiger partial charge in [0, 0.05) is 6.20 Å². The van der Waals surface area contributed by atoms with E-state index in [0.29, 0.717) is 30.7 Å². The minimum absolute atomic E-state index is 0.141. The van der Waals surface area contributed by atoms with Crippen LogP contribution in [0.25, 0.3) is 0 Å². The summed E-state index contributed by atoms with van der Waals surface area (Å²) in [7, 11) is 0. The standard InChI is InChI=1S/C26H33N5O4S/c1-18(21(32)30-25(16-27)11-5-3-6-12-25)35-24(34)20-10-9-15-29-23(20)36-19(2)22(33)31-26(17-28)13-7-4-8-14-26/h9-10,15,18-19H,3-8,11-14H2,1-2H3,(H,30,32)(H,31,33)/t18-,19-/m1/s1. The van der Waals surface area contributed by atoms with Crippen molar-refractivity contribution in [1.29, 1.82) is 10.5 Å². The first-order valence-corrected chi connectivity index (χ1v) is 13.4. The molecule has 0 spiro atoms. The summed E-state index contributed by atoms with van der Waals surface area (Å²) in [6.45, 7) is 3.16. The molecule has 0 aliphatic heterocycles. The highest BCUT2D eigenvalue weighted by atomic mass is 32.2. The van der Waals surface area contributed by atoms with Gasteiger partial charge < -0.3 is 15.4 Å². The lowest BCUT2D eigenvalue weighted by atomic mass is 9.83. The molecule has 2 fully saturated rings. The van der Waals surface area contributed by atoms with E-state index in [1.165, 1.54) is 19.2 Å². The van der Waals surface area contributed by atoms with Crippen LogP contribution in [0.2, 0.25) is 0 Å². The van der Waals surface area contributed by atoms with Crippen molar-refractivity contribution in [2.24, 2.45) is 0 Å². The highest BCUT2D eigenvalue weighted by Crippen LogP contribution is 2.31. The van der Waals surface area contributed by atoms with Gasteiger partial charge in [-0.3, -0.25) is 9.59 Å². The molecular formula is C26H33N5O4S. The van der Waals surface area contributed by atoms with Crippen molar-refractivity contribution >= 4 is 29.5 Å². The normalized spacial score (nSPS) is 20.0. The second-order valence-corrected chi connectivity index (χ2v) is 11.0. The van der Waals surface area contributed by atoms with Gasteiger partial charge in [0.05, 0.1) is 23.0 Å². The highest BCUT2D eigenvalue weighted by molar-refractivity contribution is 8.00. The summed E-state index contributed by atoms with van der Waals surface area (Å²) in [5.41, 5.74) is -1.63. The molecule has 0 bridgehead atoms. The van der Waals surface area contributed by atoms with Crippen molar-refractivity contribution < 1.29 is 19.1 Å². The summed E-state index contributed by atoms with van der Waals surface area (Å²) >= 11 is 1.09. The third kappa shape index (κ3) is 6.76. The number of ether oxygens (including phenoxy) is 1. The Bertz CT molecular complexity index is 1050. The number of nitrogens with one attached hydrogen (secondary N) is 2. The summed E-state index contributed by atoms with van der Waals surface area (Å²) in [6, 6.07) is 7.61. The van der Waals surface area contributed by atoms with Crippen LogP contribution >= 0.6 is 11.8 Å². The van der Waals surface area contributed by atoms with Gasteiger partial charge in [-0.05, 0) is 51.7 Å². The van der Waals surface area contributed by atoms with E-state index in [9.17, 15) is 24.9 Å². The minimum atomic E-state index is -1.11. The van der Waals surface area contributed by atoms with Gasteiger partial charge in [-0.25, -0.2) is 9.78 Å². The maximum Gasteiger partial charge on any atom is 0.341 e. The number of carbonyl (C=O) groups excluding carboxylic acids is 3. The van der Waals surface area contributed by atoms with E-state index >= 15 is 0 Å². The first-order chi connectivity index (χ1) is 17.2. The highest BCUT2D eigenvalue weighted by Gasteiger charge is 2.37. The topological polar surface area (TPSA) is 145 Å². The molecule has 1 aromatic heterocycles. The van der Waals surface area contributed by atoms with Crippen LogP contribution in [0.15, 0.2) is 23.4 Å². The first kappa shape index (κ1) is 27.5. The van der Waals surface area contributed by atoms with Crippen molar-refractivity contribution in [1.82, 2.24) is 15.6 Å². The van der Waals surface area contributed by atoms with Crippen molar-refractivity contribution in [3.8, 4) is 12.1 Å². The number of thioether (sulfide) groups is 1. The van der Waals surface area contributed by atoms with E-state index < -0.39 is 34.3 Å².